The minimum Gasteiger partial charge on any atom is -0.322 e. The van der Waals surface area contributed by atoms with Gasteiger partial charge in [-0.2, -0.15) is 5.06 Å². The van der Waals surface area contributed by atoms with Gasteiger partial charge in [0, 0.05) is 10.2 Å². The topological polar surface area (TPSA) is 52.6 Å². The number of carbonyl (C=O) groups is 1. The zero-order valence-electron chi connectivity index (χ0n) is 12.1. The van der Waals surface area contributed by atoms with E-state index in [0.29, 0.717) is 10.1 Å². The van der Waals surface area contributed by atoms with Crippen molar-refractivity contribution in [3.05, 3.63) is 40.4 Å². The molecule has 1 aliphatic rings. The minimum atomic E-state index is -0.763. The Morgan fingerprint density at radius 1 is 1.15 bits per heavy atom. The maximum atomic E-state index is 12.5. The van der Waals surface area contributed by atoms with Gasteiger partial charge in [0.25, 0.3) is 5.91 Å². The van der Waals surface area contributed by atoms with Crippen LogP contribution in [0, 0.1) is 0 Å². The summed E-state index contributed by atoms with van der Waals surface area (Å²) in [5.41, 5.74) is -0.127. The second kappa shape index (κ2) is 4.98. The lowest BCUT2D eigenvalue weighted by Gasteiger charge is -2.36. The molecule has 0 fully saturated rings. The van der Waals surface area contributed by atoms with Crippen LogP contribution in [0.5, 0.6) is 0 Å². The molecule has 0 unspecified atom stereocenters. The number of para-hydroxylation sites is 1. The van der Waals surface area contributed by atoms with E-state index in [1.54, 1.807) is 0 Å². The summed E-state index contributed by atoms with van der Waals surface area (Å²) >= 11 is 3.47. The van der Waals surface area contributed by atoms with E-state index in [-0.39, 0.29) is 5.91 Å². The summed E-state index contributed by atoms with van der Waals surface area (Å²) in [6, 6.07) is 9.28. The van der Waals surface area contributed by atoms with Crippen LogP contribution < -0.4 is 5.32 Å². The van der Waals surface area contributed by atoms with Crippen molar-refractivity contribution >= 4 is 27.5 Å². The Bertz CT molecular complexity index is 564. The third-order valence-corrected chi connectivity index (χ3v) is 5.05. The fraction of sp³-hybridized carbons (Fsp3) is 0.400. The van der Waals surface area contributed by atoms with Gasteiger partial charge in [0.1, 0.15) is 0 Å². The van der Waals surface area contributed by atoms with E-state index < -0.39 is 11.1 Å². The number of anilines is 1. The van der Waals surface area contributed by atoms with Gasteiger partial charge in [-0.15, -0.1) is 0 Å². The summed E-state index contributed by atoms with van der Waals surface area (Å²) in [5, 5.41) is 14.4. The molecule has 20 heavy (non-hydrogen) atoms. The molecule has 0 spiro atoms. The lowest BCUT2D eigenvalue weighted by molar-refractivity contribution is -0.186. The monoisotopic (exact) mass is 338 g/mol. The Morgan fingerprint density at radius 2 is 1.70 bits per heavy atom. The number of rotatable bonds is 2. The average molecular weight is 339 g/mol. The van der Waals surface area contributed by atoms with Crippen molar-refractivity contribution in [2.45, 2.75) is 38.8 Å². The summed E-state index contributed by atoms with van der Waals surface area (Å²) in [6.45, 7) is 7.37. The van der Waals surface area contributed by atoms with Crippen molar-refractivity contribution in [3.63, 3.8) is 0 Å². The number of halogens is 1. The van der Waals surface area contributed by atoms with Crippen LogP contribution >= 0.6 is 15.9 Å². The number of amides is 1. The lowest BCUT2D eigenvalue weighted by atomic mass is 9.95. The zero-order valence-corrected chi connectivity index (χ0v) is 13.7. The van der Waals surface area contributed by atoms with E-state index in [1.807, 2.05) is 58.0 Å². The number of benzene rings is 1. The van der Waals surface area contributed by atoms with Crippen LogP contribution in [-0.2, 0) is 4.79 Å². The van der Waals surface area contributed by atoms with Crippen LogP contribution in [0.4, 0.5) is 5.69 Å². The molecule has 2 rings (SSSR count). The van der Waals surface area contributed by atoms with Crippen LogP contribution in [0.3, 0.4) is 0 Å². The molecule has 1 aromatic carbocycles. The van der Waals surface area contributed by atoms with Crippen molar-refractivity contribution < 1.29 is 10.0 Å². The Balaban J connectivity index is 2.36. The smallest absolute Gasteiger partial charge is 0.254 e. The molecule has 1 aromatic rings. The second-order valence-electron chi connectivity index (χ2n) is 5.94. The highest BCUT2D eigenvalue weighted by Gasteiger charge is 2.52. The third kappa shape index (κ3) is 2.30. The van der Waals surface area contributed by atoms with Gasteiger partial charge in [0.15, 0.2) is 0 Å². The highest BCUT2D eigenvalue weighted by atomic mass is 79.9. The van der Waals surface area contributed by atoms with Crippen molar-refractivity contribution in [2.75, 3.05) is 5.32 Å². The summed E-state index contributed by atoms with van der Waals surface area (Å²) in [6.07, 6.45) is 0. The first kappa shape index (κ1) is 15.2. The molecule has 0 aromatic heterocycles. The SMILES string of the molecule is CC1(C)C(Br)=C(C(=O)Nc2ccccc2)C(C)(C)N1O. The first-order valence-electron chi connectivity index (χ1n) is 6.45. The maximum Gasteiger partial charge on any atom is 0.254 e. The molecule has 1 amide bonds. The van der Waals surface area contributed by atoms with Gasteiger partial charge in [0.05, 0.1) is 16.7 Å². The van der Waals surface area contributed by atoms with Gasteiger partial charge >= 0.3 is 0 Å². The molecule has 0 radical (unpaired) electrons. The number of nitrogens with one attached hydrogen (secondary N) is 1. The Kier molecular flexibility index (Phi) is 3.79. The van der Waals surface area contributed by atoms with Gasteiger partial charge in [-0.25, -0.2) is 0 Å². The van der Waals surface area contributed by atoms with E-state index >= 15 is 0 Å². The van der Waals surface area contributed by atoms with E-state index in [0.717, 1.165) is 5.69 Å². The normalized spacial score (nSPS) is 21.1. The van der Waals surface area contributed by atoms with Crippen LogP contribution in [0.2, 0.25) is 0 Å². The van der Waals surface area contributed by atoms with E-state index in [4.69, 9.17) is 0 Å². The Morgan fingerprint density at radius 3 is 2.15 bits per heavy atom. The molecule has 5 heteroatoms. The van der Waals surface area contributed by atoms with Gasteiger partial charge in [-0.3, -0.25) is 4.79 Å². The Labute approximate surface area is 127 Å². The number of nitrogens with zero attached hydrogens (tertiary/aromatic N) is 1. The molecule has 0 saturated carbocycles. The first-order chi connectivity index (χ1) is 9.19. The van der Waals surface area contributed by atoms with Crippen LogP contribution in [0.1, 0.15) is 27.7 Å². The van der Waals surface area contributed by atoms with Gasteiger partial charge in [-0.1, -0.05) is 34.1 Å². The summed E-state index contributed by atoms with van der Waals surface area (Å²) in [7, 11) is 0. The van der Waals surface area contributed by atoms with E-state index in [2.05, 4.69) is 21.2 Å². The largest absolute Gasteiger partial charge is 0.322 e. The van der Waals surface area contributed by atoms with Crippen molar-refractivity contribution in [3.8, 4) is 0 Å². The molecule has 0 bridgehead atoms. The molecule has 0 aliphatic carbocycles. The predicted octanol–water partition coefficient (Wildman–Crippen LogP) is 3.54. The van der Waals surface area contributed by atoms with Crippen molar-refractivity contribution in [2.24, 2.45) is 0 Å². The van der Waals surface area contributed by atoms with E-state index in [9.17, 15) is 10.0 Å². The number of hydroxylamine groups is 2. The van der Waals surface area contributed by atoms with Crippen molar-refractivity contribution in [1.82, 2.24) is 5.06 Å². The highest BCUT2D eigenvalue weighted by Crippen LogP contribution is 2.46. The molecule has 108 valence electrons. The second-order valence-corrected chi connectivity index (χ2v) is 6.73. The lowest BCUT2D eigenvalue weighted by Crippen LogP contribution is -2.49. The molecule has 1 heterocycles. The fourth-order valence-electron chi connectivity index (χ4n) is 2.56. The van der Waals surface area contributed by atoms with Gasteiger partial charge in [-0.05, 0) is 39.8 Å². The predicted molar refractivity (Wildman–Crippen MR) is 82.8 cm³/mol. The standard InChI is InChI=1S/C15H19BrN2O2/c1-14(2)11(12(16)15(3,4)18(14)20)13(19)17-10-8-6-5-7-9-10/h5-9,20H,1-4H3,(H,17,19). The summed E-state index contributed by atoms with van der Waals surface area (Å²) < 4.78 is 0.700. The highest BCUT2D eigenvalue weighted by molar-refractivity contribution is 9.11. The molecule has 4 nitrogen and oxygen atoms in total. The van der Waals surface area contributed by atoms with Crippen molar-refractivity contribution in [1.29, 1.82) is 0 Å². The summed E-state index contributed by atoms with van der Waals surface area (Å²) in [4.78, 5) is 12.5. The molecular weight excluding hydrogens is 320 g/mol. The van der Waals surface area contributed by atoms with Crippen LogP contribution in [0.25, 0.3) is 0 Å². The van der Waals surface area contributed by atoms with Crippen LogP contribution in [-0.4, -0.2) is 27.3 Å². The quantitative estimate of drug-likeness (QED) is 0.867. The number of hydrogen-bond acceptors (Lipinski definition) is 3. The zero-order chi connectivity index (χ0) is 15.1. The molecular formula is C15H19BrN2O2. The fourth-order valence-corrected chi connectivity index (χ4v) is 3.40. The molecule has 1 aliphatic heterocycles. The first-order valence-corrected chi connectivity index (χ1v) is 7.24. The summed E-state index contributed by atoms with van der Waals surface area (Å²) in [5.74, 6) is -0.210. The average Bonchev–Trinajstić information content (AvgIpc) is 2.49. The van der Waals surface area contributed by atoms with E-state index in [1.165, 1.54) is 5.06 Å². The van der Waals surface area contributed by atoms with Gasteiger partial charge in [0.2, 0.25) is 0 Å². The number of hydrogen-bond donors (Lipinski definition) is 2. The molecule has 0 atom stereocenters. The van der Waals surface area contributed by atoms with Crippen LogP contribution in [0.15, 0.2) is 40.4 Å². The number of carbonyl (C=O) groups excluding carboxylic acids is 1. The third-order valence-electron chi connectivity index (χ3n) is 3.69. The molecule has 0 saturated heterocycles. The Hall–Kier alpha value is -1.17. The molecule has 2 N–H and O–H groups in total. The minimum absolute atomic E-state index is 0.210. The van der Waals surface area contributed by atoms with Gasteiger partial charge < -0.3 is 10.5 Å². The maximum absolute atomic E-state index is 12.5.